The maximum atomic E-state index is 11.1. The molecule has 0 spiro atoms. The van der Waals surface area contributed by atoms with Gasteiger partial charge in [-0.05, 0) is 36.2 Å². The van der Waals surface area contributed by atoms with E-state index in [1.807, 2.05) is 37.6 Å². The first kappa shape index (κ1) is 13.3. The molecule has 0 saturated heterocycles. The van der Waals surface area contributed by atoms with Crippen molar-refractivity contribution in [2.75, 3.05) is 6.54 Å². The molecule has 1 heterocycles. The number of nitrogens with zero attached hydrogens (tertiary/aromatic N) is 2. The lowest BCUT2D eigenvalue weighted by Gasteiger charge is -2.05. The van der Waals surface area contributed by atoms with Gasteiger partial charge in [0.15, 0.2) is 0 Å². The number of aryl methyl sites for hydroxylation is 1. The number of hydrogen-bond donors (Lipinski definition) is 2. The number of primary amides is 1. The van der Waals surface area contributed by atoms with E-state index in [0.717, 1.165) is 25.1 Å². The van der Waals surface area contributed by atoms with E-state index in [4.69, 9.17) is 5.73 Å². The van der Waals surface area contributed by atoms with E-state index in [0.29, 0.717) is 5.56 Å². The van der Waals surface area contributed by atoms with Crippen molar-refractivity contribution in [3.8, 4) is 0 Å². The van der Waals surface area contributed by atoms with Crippen LogP contribution in [0, 0.1) is 0 Å². The topological polar surface area (TPSA) is 72.9 Å². The van der Waals surface area contributed by atoms with Crippen LogP contribution in [-0.4, -0.2) is 22.2 Å². The first-order valence-corrected chi connectivity index (χ1v) is 6.22. The molecule has 0 aliphatic carbocycles. The third kappa shape index (κ3) is 3.93. The number of hydrogen-bond acceptors (Lipinski definition) is 3. The van der Waals surface area contributed by atoms with E-state index in [1.54, 1.807) is 10.7 Å². The first-order chi connectivity index (χ1) is 9.15. The van der Waals surface area contributed by atoms with Gasteiger partial charge >= 0.3 is 0 Å². The summed E-state index contributed by atoms with van der Waals surface area (Å²) in [5, 5.41) is 7.46. The molecule has 5 heteroatoms. The van der Waals surface area contributed by atoms with Crippen LogP contribution in [-0.2, 0) is 20.0 Å². The molecule has 0 unspecified atom stereocenters. The van der Waals surface area contributed by atoms with Crippen LogP contribution < -0.4 is 11.1 Å². The molecule has 1 aromatic heterocycles. The maximum Gasteiger partial charge on any atom is 0.248 e. The van der Waals surface area contributed by atoms with Crippen LogP contribution in [0.3, 0.4) is 0 Å². The highest BCUT2D eigenvalue weighted by atomic mass is 16.1. The number of aromatic nitrogens is 2. The van der Waals surface area contributed by atoms with E-state index in [-0.39, 0.29) is 0 Å². The third-order valence-electron chi connectivity index (χ3n) is 2.89. The van der Waals surface area contributed by atoms with E-state index in [9.17, 15) is 4.79 Å². The normalized spacial score (nSPS) is 10.6. The summed E-state index contributed by atoms with van der Waals surface area (Å²) >= 11 is 0. The molecule has 0 bridgehead atoms. The summed E-state index contributed by atoms with van der Waals surface area (Å²) in [6.07, 6.45) is 4.81. The smallest absolute Gasteiger partial charge is 0.248 e. The van der Waals surface area contributed by atoms with Crippen molar-refractivity contribution in [1.82, 2.24) is 15.1 Å². The summed E-state index contributed by atoms with van der Waals surface area (Å²) in [4.78, 5) is 11.1. The second-order valence-electron chi connectivity index (χ2n) is 4.51. The van der Waals surface area contributed by atoms with E-state index in [2.05, 4.69) is 10.4 Å². The van der Waals surface area contributed by atoms with E-state index in [1.165, 1.54) is 5.56 Å². The largest absolute Gasteiger partial charge is 0.366 e. The van der Waals surface area contributed by atoms with Gasteiger partial charge in [-0.3, -0.25) is 9.48 Å². The molecular formula is C14H18N4O. The Morgan fingerprint density at radius 1 is 1.42 bits per heavy atom. The minimum Gasteiger partial charge on any atom is -0.366 e. The molecule has 0 aliphatic heterocycles. The predicted octanol–water partition coefficient (Wildman–Crippen LogP) is 0.851. The number of nitrogens with two attached hydrogens (primary N) is 1. The molecule has 100 valence electrons. The lowest BCUT2D eigenvalue weighted by atomic mass is 10.1. The highest BCUT2D eigenvalue weighted by Crippen LogP contribution is 2.04. The van der Waals surface area contributed by atoms with Gasteiger partial charge in [0.25, 0.3) is 0 Å². The van der Waals surface area contributed by atoms with Crippen molar-refractivity contribution in [1.29, 1.82) is 0 Å². The molecule has 2 rings (SSSR count). The van der Waals surface area contributed by atoms with Gasteiger partial charge in [0.2, 0.25) is 5.91 Å². The summed E-state index contributed by atoms with van der Waals surface area (Å²) in [5.74, 6) is -0.391. The second-order valence-corrected chi connectivity index (χ2v) is 4.51. The molecule has 0 saturated carbocycles. The lowest BCUT2D eigenvalue weighted by Crippen LogP contribution is -2.17. The van der Waals surface area contributed by atoms with Crippen LogP contribution in [0.2, 0.25) is 0 Å². The molecule has 5 nitrogen and oxygen atoms in total. The van der Waals surface area contributed by atoms with Gasteiger partial charge in [-0.2, -0.15) is 5.10 Å². The Morgan fingerprint density at radius 2 is 2.26 bits per heavy atom. The Labute approximate surface area is 112 Å². The van der Waals surface area contributed by atoms with Crippen LogP contribution in [0.25, 0.3) is 0 Å². The summed E-state index contributed by atoms with van der Waals surface area (Å²) in [7, 11) is 1.91. The average molecular weight is 258 g/mol. The molecule has 2 aromatic rings. The standard InChI is InChI=1S/C14H18N4O/c1-18-10-12(9-17-18)5-6-16-8-11-3-2-4-13(7-11)14(15)19/h2-4,7,9-10,16H,5-6,8H2,1H3,(H2,15,19). The Morgan fingerprint density at radius 3 is 2.95 bits per heavy atom. The average Bonchev–Trinajstić information content (AvgIpc) is 2.81. The van der Waals surface area contributed by atoms with Gasteiger partial charge in [0.1, 0.15) is 0 Å². The summed E-state index contributed by atoms with van der Waals surface area (Å²) < 4.78 is 1.80. The van der Waals surface area contributed by atoms with Crippen LogP contribution >= 0.6 is 0 Å². The van der Waals surface area contributed by atoms with Gasteiger partial charge in [0, 0.05) is 25.4 Å². The lowest BCUT2D eigenvalue weighted by molar-refractivity contribution is 0.1000. The van der Waals surface area contributed by atoms with Crippen molar-refractivity contribution in [2.45, 2.75) is 13.0 Å². The fourth-order valence-electron chi connectivity index (χ4n) is 1.90. The zero-order valence-corrected chi connectivity index (χ0v) is 11.0. The highest BCUT2D eigenvalue weighted by molar-refractivity contribution is 5.92. The van der Waals surface area contributed by atoms with E-state index >= 15 is 0 Å². The Balaban J connectivity index is 1.79. The van der Waals surface area contributed by atoms with Gasteiger partial charge in [0.05, 0.1) is 6.20 Å². The SMILES string of the molecule is Cn1cc(CCNCc2cccc(C(N)=O)c2)cn1. The van der Waals surface area contributed by atoms with Crippen molar-refractivity contribution in [2.24, 2.45) is 12.8 Å². The fraction of sp³-hybridized carbons (Fsp3) is 0.286. The molecule has 1 aromatic carbocycles. The second kappa shape index (κ2) is 6.15. The zero-order chi connectivity index (χ0) is 13.7. The number of benzene rings is 1. The molecular weight excluding hydrogens is 240 g/mol. The monoisotopic (exact) mass is 258 g/mol. The molecule has 0 atom stereocenters. The first-order valence-electron chi connectivity index (χ1n) is 6.22. The van der Waals surface area contributed by atoms with Crippen molar-refractivity contribution < 1.29 is 4.79 Å². The number of carbonyl (C=O) groups is 1. The summed E-state index contributed by atoms with van der Waals surface area (Å²) in [6, 6.07) is 7.36. The zero-order valence-electron chi connectivity index (χ0n) is 11.0. The highest BCUT2D eigenvalue weighted by Gasteiger charge is 2.01. The minimum absolute atomic E-state index is 0.391. The van der Waals surface area contributed by atoms with Crippen molar-refractivity contribution in [3.05, 3.63) is 53.3 Å². The van der Waals surface area contributed by atoms with Crippen LogP contribution in [0.4, 0.5) is 0 Å². The maximum absolute atomic E-state index is 11.1. The van der Waals surface area contributed by atoms with Crippen LogP contribution in [0.5, 0.6) is 0 Å². The number of rotatable bonds is 6. The van der Waals surface area contributed by atoms with Crippen LogP contribution in [0.15, 0.2) is 36.7 Å². The molecule has 0 radical (unpaired) electrons. The van der Waals surface area contributed by atoms with E-state index < -0.39 is 5.91 Å². The number of carbonyl (C=O) groups excluding carboxylic acids is 1. The molecule has 19 heavy (non-hydrogen) atoms. The molecule has 3 N–H and O–H groups in total. The van der Waals surface area contributed by atoms with Crippen molar-refractivity contribution >= 4 is 5.91 Å². The van der Waals surface area contributed by atoms with Gasteiger partial charge in [-0.1, -0.05) is 12.1 Å². The third-order valence-corrected chi connectivity index (χ3v) is 2.89. The Kier molecular flexibility index (Phi) is 4.30. The van der Waals surface area contributed by atoms with Gasteiger partial charge < -0.3 is 11.1 Å². The van der Waals surface area contributed by atoms with Crippen molar-refractivity contribution in [3.63, 3.8) is 0 Å². The van der Waals surface area contributed by atoms with Gasteiger partial charge in [-0.25, -0.2) is 0 Å². The fourth-order valence-corrected chi connectivity index (χ4v) is 1.90. The van der Waals surface area contributed by atoms with Crippen LogP contribution in [0.1, 0.15) is 21.5 Å². The molecule has 0 aliphatic rings. The molecule has 0 fully saturated rings. The molecule has 1 amide bonds. The quantitative estimate of drug-likeness (QED) is 0.754. The Bertz CT molecular complexity index is 562. The predicted molar refractivity (Wildman–Crippen MR) is 73.6 cm³/mol. The summed E-state index contributed by atoms with van der Waals surface area (Å²) in [6.45, 7) is 1.59. The number of amides is 1. The Hall–Kier alpha value is -2.14. The van der Waals surface area contributed by atoms with Gasteiger partial charge in [-0.15, -0.1) is 0 Å². The summed E-state index contributed by atoms with van der Waals surface area (Å²) in [5.41, 5.74) is 8.06. The minimum atomic E-state index is -0.391. The number of nitrogens with one attached hydrogen (secondary N) is 1.